The van der Waals surface area contributed by atoms with Gasteiger partial charge in [0.05, 0.1) is 14.2 Å². The SMILES string of the molecule is COC(=O)CC/C(C)=C/Cc1c(OC)c(C)c2c(c1O[C@@H]1OC(C(=O)O)[C@@H](OC(C)=O)[C@@H](OC(C)=O)C1OC(C)=O)C(=O)OC2. The van der Waals surface area contributed by atoms with E-state index >= 15 is 0 Å². The highest BCUT2D eigenvalue weighted by Gasteiger charge is 2.56. The Morgan fingerprint density at radius 2 is 1.49 bits per heavy atom. The lowest BCUT2D eigenvalue weighted by atomic mass is 9.94. The molecule has 1 aromatic carbocycles. The van der Waals surface area contributed by atoms with Gasteiger partial charge in [-0.3, -0.25) is 19.2 Å². The van der Waals surface area contributed by atoms with Crippen molar-refractivity contribution in [2.24, 2.45) is 0 Å². The molecule has 0 spiro atoms. The molecule has 246 valence electrons. The topological polar surface area (TPSA) is 196 Å². The largest absolute Gasteiger partial charge is 0.496 e. The van der Waals surface area contributed by atoms with E-state index in [4.69, 9.17) is 37.9 Å². The first-order valence-electron chi connectivity index (χ1n) is 13.9. The molecule has 0 radical (unpaired) electrons. The van der Waals surface area contributed by atoms with Gasteiger partial charge in [0, 0.05) is 38.3 Å². The van der Waals surface area contributed by atoms with Gasteiger partial charge >= 0.3 is 35.8 Å². The Morgan fingerprint density at radius 3 is 2.04 bits per heavy atom. The minimum absolute atomic E-state index is 0.00658. The highest BCUT2D eigenvalue weighted by Crippen LogP contribution is 2.44. The summed E-state index contributed by atoms with van der Waals surface area (Å²) in [5.41, 5.74) is 2.15. The van der Waals surface area contributed by atoms with E-state index in [1.165, 1.54) is 14.2 Å². The molecular weight excluding hydrogens is 600 g/mol. The Bertz CT molecular complexity index is 1390. The third kappa shape index (κ3) is 8.09. The maximum atomic E-state index is 13.0. The summed E-state index contributed by atoms with van der Waals surface area (Å²) in [7, 11) is 2.70. The quantitative estimate of drug-likeness (QED) is 0.199. The van der Waals surface area contributed by atoms with Crippen molar-refractivity contribution in [2.75, 3.05) is 14.2 Å². The second kappa shape index (κ2) is 14.9. The minimum atomic E-state index is -1.95. The number of methoxy groups -OCH3 is 2. The van der Waals surface area contributed by atoms with Crippen LogP contribution in [0.5, 0.6) is 11.5 Å². The number of carbonyl (C=O) groups excluding carboxylic acids is 5. The number of carbonyl (C=O) groups is 6. The summed E-state index contributed by atoms with van der Waals surface area (Å²) in [6, 6.07) is 0. The number of fused-ring (bicyclic) bond motifs is 1. The highest BCUT2D eigenvalue weighted by atomic mass is 16.7. The lowest BCUT2D eigenvalue weighted by Gasteiger charge is -2.43. The van der Waals surface area contributed by atoms with Gasteiger partial charge in [-0.2, -0.15) is 0 Å². The summed E-state index contributed by atoms with van der Waals surface area (Å²) in [4.78, 5) is 73.2. The fourth-order valence-corrected chi connectivity index (χ4v) is 5.10. The molecule has 0 amide bonds. The molecule has 2 unspecified atom stereocenters. The lowest BCUT2D eigenvalue weighted by molar-refractivity contribution is -0.282. The molecule has 5 atom stereocenters. The molecule has 1 fully saturated rings. The fourth-order valence-electron chi connectivity index (χ4n) is 5.10. The zero-order chi connectivity index (χ0) is 33.6. The predicted molar refractivity (Wildman–Crippen MR) is 149 cm³/mol. The summed E-state index contributed by atoms with van der Waals surface area (Å²) >= 11 is 0. The first-order valence-corrected chi connectivity index (χ1v) is 13.9. The molecule has 3 rings (SSSR count). The van der Waals surface area contributed by atoms with Crippen LogP contribution in [0.3, 0.4) is 0 Å². The normalized spacial score (nSPS) is 22.4. The number of hydrogen-bond acceptors (Lipinski definition) is 14. The van der Waals surface area contributed by atoms with Crippen LogP contribution in [-0.2, 0) is 65.4 Å². The van der Waals surface area contributed by atoms with Crippen molar-refractivity contribution in [3.8, 4) is 11.5 Å². The van der Waals surface area contributed by atoms with Gasteiger partial charge in [0.2, 0.25) is 12.4 Å². The molecule has 45 heavy (non-hydrogen) atoms. The van der Waals surface area contributed by atoms with Gasteiger partial charge in [0.25, 0.3) is 0 Å². The molecule has 0 aromatic heterocycles. The van der Waals surface area contributed by atoms with Crippen LogP contribution in [-0.4, -0.2) is 85.8 Å². The van der Waals surface area contributed by atoms with Crippen LogP contribution >= 0.6 is 0 Å². The van der Waals surface area contributed by atoms with Crippen LogP contribution < -0.4 is 9.47 Å². The van der Waals surface area contributed by atoms with Crippen LogP contribution in [0, 0.1) is 6.92 Å². The van der Waals surface area contributed by atoms with Gasteiger partial charge in [-0.1, -0.05) is 11.6 Å². The number of allylic oxidation sites excluding steroid dienone is 2. The number of hydrogen-bond donors (Lipinski definition) is 1. The van der Waals surface area contributed by atoms with Gasteiger partial charge < -0.3 is 43.0 Å². The van der Waals surface area contributed by atoms with E-state index in [1.54, 1.807) is 19.9 Å². The van der Waals surface area contributed by atoms with E-state index in [2.05, 4.69) is 0 Å². The highest BCUT2D eigenvalue weighted by molar-refractivity contribution is 5.98. The van der Waals surface area contributed by atoms with Crippen molar-refractivity contribution in [3.63, 3.8) is 0 Å². The third-order valence-corrected chi connectivity index (χ3v) is 7.11. The average Bonchev–Trinajstić information content (AvgIpc) is 3.35. The Hall–Kier alpha value is -4.66. The van der Waals surface area contributed by atoms with E-state index in [-0.39, 0.29) is 30.8 Å². The molecule has 2 aliphatic rings. The van der Waals surface area contributed by atoms with E-state index < -0.39 is 66.5 Å². The number of aliphatic carboxylic acids is 1. The number of esters is 5. The molecule has 1 aromatic rings. The summed E-state index contributed by atoms with van der Waals surface area (Å²) in [5.74, 6) is -5.27. The van der Waals surface area contributed by atoms with Crippen LogP contribution in [0.1, 0.15) is 67.6 Å². The number of ether oxygens (including phenoxy) is 8. The molecule has 15 nitrogen and oxygen atoms in total. The van der Waals surface area contributed by atoms with E-state index in [1.807, 2.05) is 0 Å². The second-order valence-electron chi connectivity index (χ2n) is 10.3. The smallest absolute Gasteiger partial charge is 0.342 e. The zero-order valence-corrected chi connectivity index (χ0v) is 26.0. The van der Waals surface area contributed by atoms with Gasteiger partial charge in [-0.15, -0.1) is 0 Å². The third-order valence-electron chi connectivity index (χ3n) is 7.11. The summed E-state index contributed by atoms with van der Waals surface area (Å²) in [6.45, 7) is 6.48. The van der Waals surface area contributed by atoms with Crippen LogP contribution in [0.2, 0.25) is 0 Å². The molecule has 2 heterocycles. The van der Waals surface area contributed by atoms with Crippen molar-refractivity contribution in [1.29, 1.82) is 0 Å². The first-order chi connectivity index (χ1) is 21.2. The molecule has 15 heteroatoms. The van der Waals surface area contributed by atoms with Crippen LogP contribution in [0.25, 0.3) is 0 Å². The monoisotopic (exact) mass is 636 g/mol. The number of rotatable bonds is 12. The summed E-state index contributed by atoms with van der Waals surface area (Å²) < 4.78 is 43.5. The van der Waals surface area contributed by atoms with Crippen LogP contribution in [0.15, 0.2) is 11.6 Å². The maximum absolute atomic E-state index is 13.0. The molecule has 0 aliphatic carbocycles. The van der Waals surface area contributed by atoms with Crippen molar-refractivity contribution < 1.29 is 71.8 Å². The van der Waals surface area contributed by atoms with Crippen LogP contribution in [0.4, 0.5) is 0 Å². The van der Waals surface area contributed by atoms with E-state index in [9.17, 15) is 33.9 Å². The zero-order valence-electron chi connectivity index (χ0n) is 26.0. The van der Waals surface area contributed by atoms with Gasteiger partial charge in [-0.05, 0) is 32.3 Å². The minimum Gasteiger partial charge on any atom is -0.496 e. The number of carboxylic acids is 1. The standard InChI is InChI=1S/C30H36O15/c1-13(9-11-20(34)38-6)8-10-18-22(39-7)14(2)19-12-40-29(37)21(19)23(18)44-30-27(43-17(5)33)25(42-16(4)32)24(41-15(3)31)26(45-30)28(35)36/h8,24-27,30H,9-12H2,1-7H3,(H,35,36)/b13-8+/t24-,25+,26?,27?,30+/m0/s1. The molecule has 0 bridgehead atoms. The molecule has 0 saturated carbocycles. The maximum Gasteiger partial charge on any atom is 0.342 e. The number of carboxylic acid groups (broad SMARTS) is 1. The van der Waals surface area contributed by atoms with Crippen molar-refractivity contribution in [3.05, 3.63) is 33.9 Å². The molecular formula is C30H36O15. The number of benzene rings is 1. The molecule has 2 aliphatic heterocycles. The Morgan fingerprint density at radius 1 is 0.889 bits per heavy atom. The van der Waals surface area contributed by atoms with Gasteiger partial charge in [-0.25, -0.2) is 9.59 Å². The second-order valence-corrected chi connectivity index (χ2v) is 10.3. The lowest BCUT2D eigenvalue weighted by Crippen LogP contribution is -2.64. The molecule has 1 saturated heterocycles. The molecule has 1 N–H and O–H groups in total. The Balaban J connectivity index is 2.20. The van der Waals surface area contributed by atoms with E-state index in [0.717, 1.165) is 26.3 Å². The Kier molecular flexibility index (Phi) is 11.5. The van der Waals surface area contributed by atoms with E-state index in [0.29, 0.717) is 28.9 Å². The fraction of sp³-hybridized carbons (Fsp3) is 0.533. The van der Waals surface area contributed by atoms with Gasteiger partial charge in [0.15, 0.2) is 18.3 Å². The number of cyclic esters (lactones) is 1. The summed E-state index contributed by atoms with van der Waals surface area (Å²) in [6.07, 6.45) is -6.47. The predicted octanol–water partition coefficient (Wildman–Crippen LogP) is 2.10. The van der Waals surface area contributed by atoms with Crippen molar-refractivity contribution >= 4 is 35.8 Å². The van der Waals surface area contributed by atoms with Crippen molar-refractivity contribution in [2.45, 2.75) is 91.2 Å². The summed E-state index contributed by atoms with van der Waals surface area (Å²) in [5, 5.41) is 9.99. The average molecular weight is 637 g/mol. The Labute approximate surface area is 258 Å². The van der Waals surface area contributed by atoms with Gasteiger partial charge in [0.1, 0.15) is 23.7 Å². The first kappa shape index (κ1) is 34.8. The van der Waals surface area contributed by atoms with Crippen molar-refractivity contribution in [1.82, 2.24) is 0 Å².